The molecule has 0 unspecified atom stereocenters. The van der Waals surface area contributed by atoms with Crippen LogP contribution in [-0.2, 0) is 7.05 Å². The molecule has 0 aliphatic carbocycles. The summed E-state index contributed by atoms with van der Waals surface area (Å²) in [7, 11) is 1.80. The lowest BCUT2D eigenvalue weighted by atomic mass is 10.0. The number of carbonyl (C=O) groups is 1. The van der Waals surface area contributed by atoms with Crippen LogP contribution in [0.5, 0.6) is 0 Å². The summed E-state index contributed by atoms with van der Waals surface area (Å²) < 4.78 is 7.08. The molecular weight excluding hydrogens is 410 g/mol. The number of rotatable bonds is 7. The van der Waals surface area contributed by atoms with E-state index >= 15 is 0 Å². The van der Waals surface area contributed by atoms with Crippen molar-refractivity contribution in [2.24, 2.45) is 7.05 Å². The monoisotopic (exact) mass is 433 g/mol. The zero-order valence-corrected chi connectivity index (χ0v) is 17.9. The largest absolute Gasteiger partial charge is 0.440 e. The second kappa shape index (κ2) is 8.98. The molecule has 10 heteroatoms. The Hall–Kier alpha value is -4.05. The average Bonchev–Trinajstić information content (AvgIpc) is 3.43. The van der Waals surface area contributed by atoms with Crippen LogP contribution in [0.25, 0.3) is 11.4 Å². The number of nitrogens with zero attached hydrogens (tertiary/aromatic N) is 5. The average molecular weight is 433 g/mol. The maximum Gasteiger partial charge on any atom is 0.307 e. The number of oxazole rings is 1. The summed E-state index contributed by atoms with van der Waals surface area (Å²) in [6.07, 6.45) is 3.89. The minimum atomic E-state index is -0.805. The molecule has 10 nitrogen and oxygen atoms in total. The lowest BCUT2D eigenvalue weighted by molar-refractivity contribution is 0.0825. The van der Waals surface area contributed by atoms with Gasteiger partial charge in [-0.05, 0) is 25.0 Å². The van der Waals surface area contributed by atoms with E-state index in [4.69, 9.17) is 4.42 Å². The summed E-state index contributed by atoms with van der Waals surface area (Å²) in [5.41, 5.74) is 2.48. The van der Waals surface area contributed by atoms with Crippen molar-refractivity contribution in [1.29, 1.82) is 0 Å². The van der Waals surface area contributed by atoms with Crippen molar-refractivity contribution in [1.82, 2.24) is 30.0 Å². The van der Waals surface area contributed by atoms with Gasteiger partial charge in [-0.2, -0.15) is 5.10 Å². The normalized spacial score (nSPS) is 12.9. The molecular formula is C22H23N7O3. The highest BCUT2D eigenvalue weighted by molar-refractivity contribution is 5.90. The second-order valence-corrected chi connectivity index (χ2v) is 7.33. The molecule has 3 heterocycles. The third kappa shape index (κ3) is 4.49. The van der Waals surface area contributed by atoms with E-state index in [0.717, 1.165) is 16.9 Å². The predicted molar refractivity (Wildman–Crippen MR) is 117 cm³/mol. The van der Waals surface area contributed by atoms with E-state index in [1.54, 1.807) is 37.1 Å². The van der Waals surface area contributed by atoms with E-state index in [2.05, 4.69) is 30.7 Å². The van der Waals surface area contributed by atoms with E-state index in [9.17, 15) is 9.90 Å². The molecule has 0 aliphatic heterocycles. The van der Waals surface area contributed by atoms with Gasteiger partial charge in [-0.15, -0.1) is 0 Å². The fourth-order valence-electron chi connectivity index (χ4n) is 3.21. The van der Waals surface area contributed by atoms with Crippen molar-refractivity contribution in [3.63, 3.8) is 0 Å². The van der Waals surface area contributed by atoms with Crippen LogP contribution in [0.4, 0.5) is 11.8 Å². The van der Waals surface area contributed by atoms with Crippen LogP contribution in [0.2, 0.25) is 0 Å². The van der Waals surface area contributed by atoms with Gasteiger partial charge in [-0.25, -0.2) is 15.0 Å². The summed E-state index contributed by atoms with van der Waals surface area (Å²) in [5.74, 6) is 0.429. The minimum Gasteiger partial charge on any atom is -0.440 e. The molecule has 1 amide bonds. The molecule has 0 bridgehead atoms. The maximum atomic E-state index is 12.7. The third-order valence-corrected chi connectivity index (χ3v) is 4.90. The molecule has 3 N–H and O–H groups in total. The summed E-state index contributed by atoms with van der Waals surface area (Å²) in [6, 6.07) is 10.4. The van der Waals surface area contributed by atoms with E-state index < -0.39 is 18.1 Å². The number of nitrogens with one attached hydrogen (secondary N) is 2. The van der Waals surface area contributed by atoms with Crippen molar-refractivity contribution in [3.05, 3.63) is 72.1 Å². The van der Waals surface area contributed by atoms with Gasteiger partial charge in [0.2, 0.25) is 5.95 Å². The topological polar surface area (TPSA) is 131 Å². The summed E-state index contributed by atoms with van der Waals surface area (Å²) in [4.78, 5) is 25.8. The molecule has 4 aromatic rings. The lowest BCUT2D eigenvalue weighted by Gasteiger charge is -2.21. The zero-order valence-electron chi connectivity index (χ0n) is 17.9. The molecule has 0 saturated heterocycles. The van der Waals surface area contributed by atoms with Crippen LogP contribution in [0.3, 0.4) is 0 Å². The first-order chi connectivity index (χ1) is 15.4. The Balaban J connectivity index is 1.55. The fourth-order valence-corrected chi connectivity index (χ4v) is 3.21. The Labute approximate surface area is 184 Å². The molecule has 2 atom stereocenters. The molecule has 0 spiro atoms. The van der Waals surface area contributed by atoms with Gasteiger partial charge in [0.05, 0.1) is 18.3 Å². The molecule has 0 saturated carbocycles. The summed E-state index contributed by atoms with van der Waals surface area (Å²) in [5, 5.41) is 20.1. The number of hydrogen-bond donors (Lipinski definition) is 3. The number of amides is 1. The quantitative estimate of drug-likeness (QED) is 0.405. The first kappa shape index (κ1) is 21.2. The van der Waals surface area contributed by atoms with Crippen molar-refractivity contribution >= 4 is 17.7 Å². The predicted octanol–water partition coefficient (Wildman–Crippen LogP) is 2.77. The molecule has 4 rings (SSSR count). The number of hydrogen-bond acceptors (Lipinski definition) is 8. The maximum absolute atomic E-state index is 12.7. The number of anilines is 2. The number of carbonyl (C=O) groups excluding carboxylic acids is 1. The lowest BCUT2D eigenvalue weighted by Crippen LogP contribution is -2.35. The van der Waals surface area contributed by atoms with Gasteiger partial charge >= 0.3 is 5.91 Å². The van der Waals surface area contributed by atoms with E-state index in [1.165, 1.54) is 6.26 Å². The summed E-state index contributed by atoms with van der Waals surface area (Å²) in [6.45, 7) is 3.45. The standard InChI is InChI=1S/C22H23N7O3/c1-13-11-23-22(26-17-9-10-24-29(17)3)28-18(13)16-12-32-21(25-16)20(31)27-19(14(2)30)15-7-5-4-6-8-15/h4-12,14,19,30H,1-3H3,(H,27,31)(H,23,26,28)/t14-,19+/m0/s1. The van der Waals surface area contributed by atoms with Gasteiger partial charge in [0, 0.05) is 19.3 Å². The van der Waals surface area contributed by atoms with Gasteiger partial charge in [0.15, 0.2) is 0 Å². The van der Waals surface area contributed by atoms with Crippen LogP contribution >= 0.6 is 0 Å². The van der Waals surface area contributed by atoms with Crippen LogP contribution < -0.4 is 10.6 Å². The van der Waals surface area contributed by atoms with Gasteiger partial charge in [0.25, 0.3) is 5.89 Å². The van der Waals surface area contributed by atoms with E-state index in [1.807, 2.05) is 37.3 Å². The van der Waals surface area contributed by atoms with Gasteiger partial charge in [-0.1, -0.05) is 30.3 Å². The molecule has 164 valence electrons. The molecule has 1 aromatic carbocycles. The smallest absolute Gasteiger partial charge is 0.307 e. The van der Waals surface area contributed by atoms with Gasteiger partial charge < -0.3 is 20.2 Å². The first-order valence-corrected chi connectivity index (χ1v) is 10.0. The number of aliphatic hydroxyl groups excluding tert-OH is 1. The summed E-state index contributed by atoms with van der Waals surface area (Å²) >= 11 is 0. The number of aromatic nitrogens is 5. The van der Waals surface area contributed by atoms with Gasteiger partial charge in [0.1, 0.15) is 23.5 Å². The zero-order chi connectivity index (χ0) is 22.7. The van der Waals surface area contributed by atoms with Crippen LogP contribution in [0.1, 0.15) is 34.8 Å². The Kier molecular flexibility index (Phi) is 5.95. The second-order valence-electron chi connectivity index (χ2n) is 7.33. The highest BCUT2D eigenvalue weighted by atomic mass is 16.4. The van der Waals surface area contributed by atoms with Crippen LogP contribution in [0, 0.1) is 6.92 Å². The van der Waals surface area contributed by atoms with Crippen molar-refractivity contribution in [2.45, 2.75) is 26.0 Å². The van der Waals surface area contributed by atoms with Crippen LogP contribution in [-0.4, -0.2) is 41.9 Å². The number of benzene rings is 1. The van der Waals surface area contributed by atoms with Crippen molar-refractivity contribution < 1.29 is 14.3 Å². The first-order valence-electron chi connectivity index (χ1n) is 10.0. The minimum absolute atomic E-state index is 0.124. The van der Waals surface area contributed by atoms with Crippen molar-refractivity contribution in [3.8, 4) is 11.4 Å². The molecule has 0 radical (unpaired) electrons. The molecule has 0 fully saturated rings. The van der Waals surface area contributed by atoms with Crippen LogP contribution in [0.15, 0.2) is 59.5 Å². The van der Waals surface area contributed by atoms with Gasteiger partial charge in [-0.3, -0.25) is 9.48 Å². The molecule has 0 aliphatic rings. The SMILES string of the molecule is Cc1cnc(Nc2ccnn2C)nc1-c1coc(C(=O)N[C@@H](c2ccccc2)[C@H](C)O)n1. The Morgan fingerprint density at radius 2 is 1.97 bits per heavy atom. The van der Waals surface area contributed by atoms with E-state index in [-0.39, 0.29) is 5.89 Å². The van der Waals surface area contributed by atoms with E-state index in [0.29, 0.717) is 17.3 Å². The Morgan fingerprint density at radius 1 is 1.19 bits per heavy atom. The number of aryl methyl sites for hydroxylation is 2. The Morgan fingerprint density at radius 3 is 2.66 bits per heavy atom. The highest BCUT2D eigenvalue weighted by Crippen LogP contribution is 2.23. The highest BCUT2D eigenvalue weighted by Gasteiger charge is 2.24. The van der Waals surface area contributed by atoms with Crippen molar-refractivity contribution in [2.75, 3.05) is 5.32 Å². The number of aliphatic hydroxyl groups is 1. The third-order valence-electron chi connectivity index (χ3n) is 4.90. The molecule has 32 heavy (non-hydrogen) atoms. The fraction of sp³-hybridized carbons (Fsp3) is 0.227. The molecule has 3 aromatic heterocycles. The Bertz CT molecular complexity index is 1220.